The molecule has 9 nitrogen and oxygen atoms in total. The topological polar surface area (TPSA) is 138 Å². The van der Waals surface area contributed by atoms with E-state index >= 15 is 0 Å². The fourth-order valence-corrected chi connectivity index (χ4v) is 5.21. The van der Waals surface area contributed by atoms with E-state index in [0.717, 1.165) is 6.07 Å². The van der Waals surface area contributed by atoms with Gasteiger partial charge >= 0.3 is 0 Å². The van der Waals surface area contributed by atoms with Gasteiger partial charge in [0.25, 0.3) is 16.0 Å². The molecule has 0 radical (unpaired) electrons. The Morgan fingerprint density at radius 2 is 1.79 bits per heavy atom. The molecule has 0 atom stereocenters. The van der Waals surface area contributed by atoms with Crippen LogP contribution in [-0.2, 0) is 16.5 Å². The van der Waals surface area contributed by atoms with Gasteiger partial charge in [-0.1, -0.05) is 54.4 Å². The maximum absolute atomic E-state index is 13.2. The highest BCUT2D eigenvalue weighted by Crippen LogP contribution is 2.41. The molecule has 0 spiro atoms. The van der Waals surface area contributed by atoms with Crippen molar-refractivity contribution in [3.63, 3.8) is 0 Å². The number of phenolic OH excluding ortho intramolecular Hbond substituents is 1. The van der Waals surface area contributed by atoms with Gasteiger partial charge in [-0.05, 0) is 47.7 Å². The zero-order valence-corrected chi connectivity index (χ0v) is 22.4. The lowest BCUT2D eigenvalue weighted by Crippen LogP contribution is -2.13. The second-order valence-corrected chi connectivity index (χ2v) is 10.2. The second-order valence-electron chi connectivity index (χ2n) is 8.05. The Labute approximate surface area is 228 Å². The van der Waals surface area contributed by atoms with Crippen molar-refractivity contribution >= 4 is 67.1 Å². The van der Waals surface area contributed by atoms with Gasteiger partial charge < -0.3 is 15.2 Å². The summed E-state index contributed by atoms with van der Waals surface area (Å²) in [7, 11) is -3.10. The molecule has 3 N–H and O–H groups in total. The minimum absolute atomic E-state index is 0.0216. The first-order valence-electron chi connectivity index (χ1n) is 11.1. The minimum Gasteiger partial charge on any atom is -0.505 e. The number of rotatable bonds is 7. The molecular weight excluding hydrogens is 553 g/mol. The molecule has 4 aromatic rings. The van der Waals surface area contributed by atoms with Crippen LogP contribution in [0.1, 0.15) is 22.8 Å². The van der Waals surface area contributed by atoms with Crippen molar-refractivity contribution in [2.24, 2.45) is 10.2 Å². The summed E-state index contributed by atoms with van der Waals surface area (Å²) >= 11 is 12.2. The third-order valence-electron chi connectivity index (χ3n) is 5.72. The molecule has 0 aliphatic carbocycles. The van der Waals surface area contributed by atoms with E-state index in [9.17, 15) is 22.9 Å². The van der Waals surface area contributed by atoms with Crippen LogP contribution in [0.25, 0.3) is 10.8 Å². The third-order valence-corrected chi connectivity index (χ3v) is 7.40. The molecule has 0 saturated heterocycles. The van der Waals surface area contributed by atoms with Crippen LogP contribution in [0, 0.1) is 0 Å². The van der Waals surface area contributed by atoms with Crippen LogP contribution in [0.4, 0.5) is 17.1 Å². The second kappa shape index (κ2) is 11.0. The van der Waals surface area contributed by atoms with Crippen molar-refractivity contribution in [3.05, 3.63) is 81.8 Å². The Bertz CT molecular complexity index is 1710. The van der Waals surface area contributed by atoms with E-state index in [0.29, 0.717) is 32.8 Å². The zero-order chi connectivity index (χ0) is 27.6. The summed E-state index contributed by atoms with van der Waals surface area (Å²) in [6.45, 7) is 1.73. The van der Waals surface area contributed by atoms with E-state index in [-0.39, 0.29) is 28.4 Å². The summed E-state index contributed by atoms with van der Waals surface area (Å²) in [4.78, 5) is 12.8. The van der Waals surface area contributed by atoms with E-state index in [2.05, 4.69) is 15.5 Å². The summed E-state index contributed by atoms with van der Waals surface area (Å²) in [6.07, 6.45) is 0.286. The number of nitrogens with zero attached hydrogens (tertiary/aromatic N) is 2. The van der Waals surface area contributed by atoms with Gasteiger partial charge in [-0.15, -0.1) is 5.11 Å². The predicted octanol–water partition coefficient (Wildman–Crippen LogP) is 7.34. The number of carbonyl (C=O) groups is 1. The number of ether oxygens (including phenoxy) is 1. The lowest BCUT2D eigenvalue weighted by atomic mass is 10.0. The Hall–Kier alpha value is -3.70. The molecule has 38 heavy (non-hydrogen) atoms. The predicted molar refractivity (Wildman–Crippen MR) is 146 cm³/mol. The molecule has 0 unspecified atom stereocenters. The molecule has 0 aromatic heterocycles. The summed E-state index contributed by atoms with van der Waals surface area (Å²) in [5.41, 5.74) is 0.865. The number of fused-ring (bicyclic) bond motifs is 1. The molecule has 0 fully saturated rings. The SMILES string of the molecule is CCc1c(N=Nc2c(O)c(C(=O)Nc3ccc(Cl)cc3OC)cc3ccccc23)ccc(S(=O)(=O)O)c1Cl. The highest BCUT2D eigenvalue weighted by Gasteiger charge is 2.21. The molecule has 4 aromatic carbocycles. The van der Waals surface area contributed by atoms with Crippen molar-refractivity contribution in [3.8, 4) is 11.5 Å². The lowest BCUT2D eigenvalue weighted by Gasteiger charge is -2.13. The highest BCUT2D eigenvalue weighted by molar-refractivity contribution is 7.86. The standard InChI is InChI=1S/C26H21Cl2N3O6S/c1-3-16-19(10-11-22(23(16)28)38(34,35)36)30-31-24-17-7-5-4-6-14(17)12-18(25(24)32)26(33)29-20-9-8-15(27)13-21(20)37-2/h4-13,32H,3H2,1-2H3,(H,29,33)(H,34,35,36). The fraction of sp³-hybridized carbons (Fsp3) is 0.115. The zero-order valence-electron chi connectivity index (χ0n) is 20.1. The average Bonchev–Trinajstić information content (AvgIpc) is 2.88. The van der Waals surface area contributed by atoms with Crippen LogP contribution in [-0.4, -0.2) is 31.1 Å². The van der Waals surface area contributed by atoms with Gasteiger partial charge in [0.15, 0.2) is 5.75 Å². The van der Waals surface area contributed by atoms with Crippen molar-refractivity contribution < 1.29 is 27.6 Å². The van der Waals surface area contributed by atoms with Gasteiger partial charge in [0.05, 0.1) is 29.1 Å². The molecule has 0 saturated carbocycles. The van der Waals surface area contributed by atoms with Gasteiger partial charge in [-0.2, -0.15) is 13.5 Å². The van der Waals surface area contributed by atoms with Crippen LogP contribution in [0.5, 0.6) is 11.5 Å². The fourth-order valence-electron chi connectivity index (χ4n) is 3.87. The maximum atomic E-state index is 13.2. The van der Waals surface area contributed by atoms with Gasteiger partial charge in [0.1, 0.15) is 16.3 Å². The van der Waals surface area contributed by atoms with Crippen LogP contribution >= 0.6 is 23.2 Å². The molecule has 12 heteroatoms. The van der Waals surface area contributed by atoms with E-state index in [1.54, 1.807) is 49.4 Å². The van der Waals surface area contributed by atoms with E-state index in [4.69, 9.17) is 27.9 Å². The Kier molecular flexibility index (Phi) is 7.89. The Balaban J connectivity index is 1.81. The molecule has 0 aliphatic heterocycles. The first-order chi connectivity index (χ1) is 18.0. The minimum atomic E-state index is -4.54. The van der Waals surface area contributed by atoms with E-state index in [1.165, 1.54) is 19.2 Å². The van der Waals surface area contributed by atoms with Gasteiger partial charge in [0, 0.05) is 16.5 Å². The van der Waals surface area contributed by atoms with Crippen molar-refractivity contribution in [1.29, 1.82) is 0 Å². The van der Waals surface area contributed by atoms with Crippen LogP contribution in [0.2, 0.25) is 10.0 Å². The number of carbonyl (C=O) groups excluding carboxylic acids is 1. The Morgan fingerprint density at radius 3 is 2.47 bits per heavy atom. The monoisotopic (exact) mass is 573 g/mol. The number of azo groups is 1. The lowest BCUT2D eigenvalue weighted by molar-refractivity contribution is 0.102. The number of hydrogen-bond donors (Lipinski definition) is 3. The first kappa shape index (κ1) is 27.3. The first-order valence-corrected chi connectivity index (χ1v) is 13.3. The molecule has 196 valence electrons. The summed E-state index contributed by atoms with van der Waals surface area (Å²) in [6, 6.07) is 15.7. The third kappa shape index (κ3) is 5.44. The van der Waals surface area contributed by atoms with Gasteiger partial charge in [-0.25, -0.2) is 0 Å². The number of amides is 1. The molecule has 0 heterocycles. The Morgan fingerprint density at radius 1 is 1.05 bits per heavy atom. The van der Waals surface area contributed by atoms with Crippen molar-refractivity contribution in [2.45, 2.75) is 18.2 Å². The normalized spacial score (nSPS) is 11.7. The number of nitrogens with one attached hydrogen (secondary N) is 1. The number of phenols is 1. The van der Waals surface area contributed by atoms with Gasteiger partial charge in [0.2, 0.25) is 0 Å². The van der Waals surface area contributed by atoms with Gasteiger partial charge in [-0.3, -0.25) is 9.35 Å². The number of hydrogen-bond acceptors (Lipinski definition) is 7. The smallest absolute Gasteiger partial charge is 0.296 e. The molecule has 1 amide bonds. The number of aromatic hydroxyl groups is 1. The number of halogens is 2. The van der Waals surface area contributed by atoms with Crippen LogP contribution in [0.3, 0.4) is 0 Å². The summed E-state index contributed by atoms with van der Waals surface area (Å²) < 4.78 is 38.0. The quantitative estimate of drug-likeness (QED) is 0.156. The van der Waals surface area contributed by atoms with Crippen molar-refractivity contribution in [2.75, 3.05) is 12.4 Å². The highest BCUT2D eigenvalue weighted by atomic mass is 35.5. The average molecular weight is 574 g/mol. The van der Waals surface area contributed by atoms with E-state index in [1.807, 2.05) is 0 Å². The number of anilines is 1. The molecular formula is C26H21Cl2N3O6S. The molecule has 0 bridgehead atoms. The molecule has 4 rings (SSSR count). The van der Waals surface area contributed by atoms with E-state index < -0.39 is 26.7 Å². The summed E-state index contributed by atoms with van der Waals surface area (Å²) in [5, 5.41) is 23.6. The number of benzene rings is 4. The van der Waals surface area contributed by atoms with Crippen molar-refractivity contribution in [1.82, 2.24) is 0 Å². The largest absolute Gasteiger partial charge is 0.505 e. The summed E-state index contributed by atoms with van der Waals surface area (Å²) in [5.74, 6) is -0.708. The van der Waals surface area contributed by atoms with Crippen LogP contribution < -0.4 is 10.1 Å². The number of methoxy groups -OCH3 is 1. The molecule has 0 aliphatic rings. The van der Waals surface area contributed by atoms with Crippen LogP contribution in [0.15, 0.2) is 75.8 Å². The maximum Gasteiger partial charge on any atom is 0.296 e.